The predicted octanol–water partition coefficient (Wildman–Crippen LogP) is -0.0560. The van der Waals surface area contributed by atoms with E-state index in [-0.39, 0.29) is 10.8 Å². The van der Waals surface area contributed by atoms with E-state index in [0.29, 0.717) is 38.3 Å². The van der Waals surface area contributed by atoms with Crippen molar-refractivity contribution in [1.82, 2.24) is 24.7 Å². The second-order valence-electron chi connectivity index (χ2n) is 5.88. The first-order valence-electron chi connectivity index (χ1n) is 8.03. The van der Waals surface area contributed by atoms with Crippen molar-refractivity contribution in [3.05, 3.63) is 47.8 Å². The molecule has 1 fully saturated rings. The zero-order chi connectivity index (χ0) is 17.9. The Morgan fingerprint density at radius 3 is 2.52 bits per heavy atom. The van der Waals surface area contributed by atoms with Crippen LogP contribution in [0, 0.1) is 0 Å². The van der Waals surface area contributed by atoms with E-state index in [1.807, 2.05) is 13.2 Å². The Morgan fingerprint density at radius 2 is 1.92 bits per heavy atom. The Hall–Kier alpha value is -2.23. The molecular formula is C16H21N5O3S. The Kier molecular flexibility index (Phi) is 5.16. The molecule has 134 valence electrons. The second kappa shape index (κ2) is 7.34. The van der Waals surface area contributed by atoms with Crippen LogP contribution in [0.2, 0.25) is 0 Å². The first-order chi connectivity index (χ1) is 12.0. The summed E-state index contributed by atoms with van der Waals surface area (Å²) >= 11 is 0. The van der Waals surface area contributed by atoms with Gasteiger partial charge in [0.1, 0.15) is 0 Å². The number of benzene rings is 1. The first-order valence-corrected chi connectivity index (χ1v) is 9.47. The van der Waals surface area contributed by atoms with Crippen LogP contribution in [-0.4, -0.2) is 54.6 Å². The number of rotatable bonds is 5. The molecule has 1 aromatic carbocycles. The van der Waals surface area contributed by atoms with E-state index in [0.717, 1.165) is 5.56 Å². The maximum absolute atomic E-state index is 12.6. The van der Waals surface area contributed by atoms with Crippen LogP contribution in [0.3, 0.4) is 0 Å². The number of hydrogen-bond donors (Lipinski definition) is 2. The number of nitrogens with one attached hydrogen (secondary N) is 2. The van der Waals surface area contributed by atoms with Crippen molar-refractivity contribution in [2.75, 3.05) is 26.2 Å². The quantitative estimate of drug-likeness (QED) is 0.776. The van der Waals surface area contributed by atoms with E-state index >= 15 is 0 Å². The van der Waals surface area contributed by atoms with Crippen LogP contribution in [0.1, 0.15) is 15.9 Å². The summed E-state index contributed by atoms with van der Waals surface area (Å²) in [7, 11) is -1.70. The lowest BCUT2D eigenvalue weighted by Crippen LogP contribution is -2.46. The molecule has 0 aliphatic carbocycles. The Morgan fingerprint density at radius 1 is 1.24 bits per heavy atom. The third kappa shape index (κ3) is 4.06. The fourth-order valence-electron chi connectivity index (χ4n) is 2.66. The van der Waals surface area contributed by atoms with Crippen molar-refractivity contribution in [2.45, 2.75) is 11.4 Å². The molecule has 2 heterocycles. The van der Waals surface area contributed by atoms with Gasteiger partial charge in [0.05, 0.1) is 11.1 Å². The zero-order valence-corrected chi connectivity index (χ0v) is 14.8. The monoisotopic (exact) mass is 363 g/mol. The summed E-state index contributed by atoms with van der Waals surface area (Å²) in [5, 5.41) is 9.96. The molecule has 1 aromatic heterocycles. The third-order valence-corrected chi connectivity index (χ3v) is 5.95. The number of carbonyl (C=O) groups is 1. The summed E-state index contributed by atoms with van der Waals surface area (Å²) in [6.07, 6.45) is 3.51. The molecule has 3 rings (SSSR count). The molecule has 1 amide bonds. The van der Waals surface area contributed by atoms with Gasteiger partial charge >= 0.3 is 0 Å². The van der Waals surface area contributed by atoms with Crippen LogP contribution in [-0.2, 0) is 23.6 Å². The van der Waals surface area contributed by atoms with Gasteiger partial charge in [-0.3, -0.25) is 9.48 Å². The topological polar surface area (TPSA) is 96.3 Å². The van der Waals surface area contributed by atoms with Crippen molar-refractivity contribution in [3.8, 4) is 0 Å². The van der Waals surface area contributed by atoms with Crippen LogP contribution in [0.5, 0.6) is 0 Å². The third-order valence-electron chi connectivity index (χ3n) is 4.04. The molecule has 8 nitrogen and oxygen atoms in total. The predicted molar refractivity (Wildman–Crippen MR) is 92.4 cm³/mol. The van der Waals surface area contributed by atoms with Crippen LogP contribution < -0.4 is 10.6 Å². The number of piperazine rings is 1. The van der Waals surface area contributed by atoms with Crippen LogP contribution >= 0.6 is 0 Å². The van der Waals surface area contributed by atoms with Gasteiger partial charge in [0.2, 0.25) is 10.0 Å². The maximum atomic E-state index is 12.6. The summed E-state index contributed by atoms with van der Waals surface area (Å²) in [5.74, 6) is -0.255. The van der Waals surface area contributed by atoms with E-state index in [9.17, 15) is 13.2 Å². The standard InChI is InChI=1S/C16H21N5O3S/c1-20-12-13(11-19-20)10-18-16(22)14-2-4-15(5-3-14)25(23,24)21-8-6-17-7-9-21/h2-5,11-12,17H,6-10H2,1H3,(H,18,22). The van der Waals surface area contributed by atoms with Gasteiger partial charge in [0.25, 0.3) is 5.91 Å². The highest BCUT2D eigenvalue weighted by atomic mass is 32.2. The number of nitrogens with zero attached hydrogens (tertiary/aromatic N) is 3. The van der Waals surface area contributed by atoms with Gasteiger partial charge in [-0.25, -0.2) is 8.42 Å². The number of sulfonamides is 1. The number of amides is 1. The molecule has 0 saturated carbocycles. The minimum atomic E-state index is -3.51. The minimum absolute atomic E-state index is 0.207. The van der Waals surface area contributed by atoms with Crippen LogP contribution in [0.25, 0.3) is 0 Å². The lowest BCUT2D eigenvalue weighted by atomic mass is 10.2. The molecule has 25 heavy (non-hydrogen) atoms. The van der Waals surface area contributed by atoms with Crippen molar-refractivity contribution < 1.29 is 13.2 Å². The number of aromatic nitrogens is 2. The normalized spacial score (nSPS) is 15.9. The lowest BCUT2D eigenvalue weighted by molar-refractivity contribution is 0.0951. The van der Waals surface area contributed by atoms with E-state index < -0.39 is 10.0 Å². The van der Waals surface area contributed by atoms with E-state index in [4.69, 9.17) is 0 Å². The average Bonchev–Trinajstić information content (AvgIpc) is 3.06. The van der Waals surface area contributed by atoms with Crippen molar-refractivity contribution in [1.29, 1.82) is 0 Å². The Labute approximate surface area is 146 Å². The summed E-state index contributed by atoms with van der Waals surface area (Å²) in [5.41, 5.74) is 1.32. The SMILES string of the molecule is Cn1cc(CNC(=O)c2ccc(S(=O)(=O)N3CCNCC3)cc2)cn1. The fraction of sp³-hybridized carbons (Fsp3) is 0.375. The molecule has 1 aliphatic heterocycles. The fourth-order valence-corrected chi connectivity index (χ4v) is 4.10. The Bertz CT molecular complexity index is 839. The van der Waals surface area contributed by atoms with Gasteiger partial charge in [-0.15, -0.1) is 0 Å². The van der Waals surface area contributed by atoms with Crippen molar-refractivity contribution in [3.63, 3.8) is 0 Å². The second-order valence-corrected chi connectivity index (χ2v) is 7.82. The molecule has 0 unspecified atom stereocenters. The molecular weight excluding hydrogens is 342 g/mol. The molecule has 0 radical (unpaired) electrons. The molecule has 0 atom stereocenters. The highest BCUT2D eigenvalue weighted by Gasteiger charge is 2.25. The first kappa shape index (κ1) is 17.6. The van der Waals surface area contributed by atoms with E-state index in [1.165, 1.54) is 28.6 Å². The zero-order valence-electron chi connectivity index (χ0n) is 14.0. The molecule has 0 bridgehead atoms. The number of aryl methyl sites for hydroxylation is 1. The van der Waals surface area contributed by atoms with Crippen LogP contribution in [0.4, 0.5) is 0 Å². The van der Waals surface area contributed by atoms with Gasteiger partial charge in [-0.05, 0) is 24.3 Å². The van der Waals surface area contributed by atoms with Crippen molar-refractivity contribution in [2.24, 2.45) is 7.05 Å². The smallest absolute Gasteiger partial charge is 0.251 e. The molecule has 1 saturated heterocycles. The lowest BCUT2D eigenvalue weighted by Gasteiger charge is -2.26. The largest absolute Gasteiger partial charge is 0.348 e. The Balaban J connectivity index is 1.65. The number of hydrogen-bond acceptors (Lipinski definition) is 5. The van der Waals surface area contributed by atoms with Gasteiger partial charge in [0, 0.05) is 57.1 Å². The average molecular weight is 363 g/mol. The molecule has 0 spiro atoms. The van der Waals surface area contributed by atoms with Gasteiger partial charge in [0.15, 0.2) is 0 Å². The van der Waals surface area contributed by atoms with Gasteiger partial charge in [-0.1, -0.05) is 0 Å². The summed E-state index contributed by atoms with van der Waals surface area (Å²) in [4.78, 5) is 12.4. The minimum Gasteiger partial charge on any atom is -0.348 e. The van der Waals surface area contributed by atoms with E-state index in [1.54, 1.807) is 10.9 Å². The van der Waals surface area contributed by atoms with Crippen molar-refractivity contribution >= 4 is 15.9 Å². The molecule has 2 aromatic rings. The molecule has 2 N–H and O–H groups in total. The summed E-state index contributed by atoms with van der Waals surface area (Å²) in [6, 6.07) is 6.04. The molecule has 9 heteroatoms. The highest BCUT2D eigenvalue weighted by Crippen LogP contribution is 2.17. The highest BCUT2D eigenvalue weighted by molar-refractivity contribution is 7.89. The van der Waals surface area contributed by atoms with Gasteiger partial charge < -0.3 is 10.6 Å². The van der Waals surface area contributed by atoms with Gasteiger partial charge in [-0.2, -0.15) is 9.40 Å². The molecule has 1 aliphatic rings. The summed E-state index contributed by atoms with van der Waals surface area (Å²) < 4.78 is 28.3. The number of carbonyl (C=O) groups excluding carboxylic acids is 1. The van der Waals surface area contributed by atoms with Crippen LogP contribution in [0.15, 0.2) is 41.6 Å². The maximum Gasteiger partial charge on any atom is 0.251 e. The van der Waals surface area contributed by atoms with E-state index in [2.05, 4.69) is 15.7 Å². The summed E-state index contributed by atoms with van der Waals surface area (Å²) in [6.45, 7) is 2.57.